The summed E-state index contributed by atoms with van der Waals surface area (Å²) in [5.41, 5.74) is 0.276. The van der Waals surface area contributed by atoms with Crippen molar-refractivity contribution in [3.8, 4) is 0 Å². The van der Waals surface area contributed by atoms with Crippen molar-refractivity contribution in [3.05, 3.63) is 23.9 Å². The van der Waals surface area contributed by atoms with E-state index in [1.807, 2.05) is 12.3 Å². The van der Waals surface area contributed by atoms with Gasteiger partial charge in [-0.25, -0.2) is 0 Å². The SMILES string of the molecule is CCCCCCN(/C=C/C=C(C(C)=O)C(C)=O)CCCCCC. The van der Waals surface area contributed by atoms with Crippen LogP contribution in [0.15, 0.2) is 23.9 Å². The molecule has 0 saturated heterocycles. The second-order valence-electron chi connectivity index (χ2n) is 6.19. The molecule has 0 aromatic carbocycles. The molecule has 0 aliphatic heterocycles. The fourth-order valence-corrected chi connectivity index (χ4v) is 2.49. The first-order valence-electron chi connectivity index (χ1n) is 9.17. The highest BCUT2D eigenvalue weighted by Gasteiger charge is 2.07. The molecule has 0 fully saturated rings. The van der Waals surface area contributed by atoms with Crippen molar-refractivity contribution in [3.63, 3.8) is 0 Å². The molecule has 132 valence electrons. The molecule has 3 heteroatoms. The van der Waals surface area contributed by atoms with Crippen molar-refractivity contribution in [2.45, 2.75) is 79.1 Å². The quantitative estimate of drug-likeness (QED) is 0.147. The normalized spacial score (nSPS) is 10.8. The Hall–Kier alpha value is -1.38. The lowest BCUT2D eigenvalue weighted by molar-refractivity contribution is -0.119. The highest BCUT2D eigenvalue weighted by atomic mass is 16.1. The molecule has 0 heterocycles. The fraction of sp³-hybridized carbons (Fsp3) is 0.700. The molecule has 3 nitrogen and oxygen atoms in total. The topological polar surface area (TPSA) is 37.4 Å². The molecular formula is C20H35NO2. The van der Waals surface area contributed by atoms with Gasteiger partial charge in [-0.3, -0.25) is 9.59 Å². The van der Waals surface area contributed by atoms with Crippen LogP contribution in [0.25, 0.3) is 0 Å². The van der Waals surface area contributed by atoms with Gasteiger partial charge in [0.15, 0.2) is 11.6 Å². The minimum Gasteiger partial charge on any atom is -0.377 e. The van der Waals surface area contributed by atoms with Crippen LogP contribution in [-0.2, 0) is 9.59 Å². The molecule has 0 aromatic rings. The Morgan fingerprint density at radius 1 is 0.783 bits per heavy atom. The highest BCUT2D eigenvalue weighted by molar-refractivity contribution is 6.18. The lowest BCUT2D eigenvalue weighted by Crippen LogP contribution is -2.20. The molecule has 0 radical (unpaired) electrons. The van der Waals surface area contributed by atoms with Gasteiger partial charge >= 0.3 is 0 Å². The van der Waals surface area contributed by atoms with Gasteiger partial charge in [0.2, 0.25) is 0 Å². The Balaban J connectivity index is 4.56. The number of carbonyl (C=O) groups excluding carboxylic acids is 2. The van der Waals surface area contributed by atoms with Gasteiger partial charge < -0.3 is 4.90 Å². The van der Waals surface area contributed by atoms with E-state index in [0.29, 0.717) is 0 Å². The van der Waals surface area contributed by atoms with Crippen LogP contribution in [0, 0.1) is 0 Å². The zero-order valence-corrected chi connectivity index (χ0v) is 15.6. The van der Waals surface area contributed by atoms with E-state index in [1.54, 1.807) is 6.08 Å². The van der Waals surface area contributed by atoms with Crippen molar-refractivity contribution in [2.24, 2.45) is 0 Å². The number of hydrogen-bond acceptors (Lipinski definition) is 3. The van der Waals surface area contributed by atoms with Crippen molar-refractivity contribution < 1.29 is 9.59 Å². The lowest BCUT2D eigenvalue weighted by atomic mass is 10.1. The standard InChI is InChI=1S/C20H35NO2/c1-5-7-9-11-15-21(16-12-10-8-6-2)17-13-14-20(18(3)22)19(4)23/h13-14,17H,5-12,15-16H2,1-4H3/b17-13+. The third-order valence-corrected chi connectivity index (χ3v) is 3.92. The second kappa shape index (κ2) is 14.2. The van der Waals surface area contributed by atoms with E-state index in [1.165, 1.54) is 65.2 Å². The molecule has 0 saturated carbocycles. The second-order valence-corrected chi connectivity index (χ2v) is 6.19. The summed E-state index contributed by atoms with van der Waals surface area (Å²) in [6.07, 6.45) is 15.5. The maximum Gasteiger partial charge on any atom is 0.163 e. The zero-order chi connectivity index (χ0) is 17.5. The average Bonchev–Trinajstić information content (AvgIpc) is 2.50. The van der Waals surface area contributed by atoms with Gasteiger partial charge in [0, 0.05) is 13.1 Å². The lowest BCUT2D eigenvalue weighted by Gasteiger charge is -2.20. The molecular weight excluding hydrogens is 286 g/mol. The summed E-state index contributed by atoms with van der Waals surface area (Å²) in [6, 6.07) is 0. The Labute approximate surface area is 142 Å². The molecule has 0 N–H and O–H groups in total. The van der Waals surface area contributed by atoms with Gasteiger partial charge in [-0.2, -0.15) is 0 Å². The van der Waals surface area contributed by atoms with Gasteiger partial charge in [-0.1, -0.05) is 52.4 Å². The molecule has 0 aromatic heterocycles. The Morgan fingerprint density at radius 2 is 1.26 bits per heavy atom. The van der Waals surface area contributed by atoms with Crippen LogP contribution in [-0.4, -0.2) is 29.6 Å². The molecule has 0 rings (SSSR count). The third-order valence-electron chi connectivity index (χ3n) is 3.92. The average molecular weight is 322 g/mol. The molecule has 0 bridgehead atoms. The van der Waals surface area contributed by atoms with E-state index >= 15 is 0 Å². The number of rotatable bonds is 14. The van der Waals surface area contributed by atoms with Gasteiger partial charge in [0.05, 0.1) is 5.57 Å². The summed E-state index contributed by atoms with van der Waals surface area (Å²) >= 11 is 0. The van der Waals surface area contributed by atoms with Crippen LogP contribution < -0.4 is 0 Å². The van der Waals surface area contributed by atoms with Gasteiger partial charge in [0.25, 0.3) is 0 Å². The van der Waals surface area contributed by atoms with Crippen molar-refractivity contribution in [1.29, 1.82) is 0 Å². The summed E-state index contributed by atoms with van der Waals surface area (Å²) in [6.45, 7) is 9.41. The first kappa shape index (κ1) is 21.6. The van der Waals surface area contributed by atoms with Gasteiger partial charge in [-0.15, -0.1) is 0 Å². The predicted molar refractivity (Wildman–Crippen MR) is 98.4 cm³/mol. The maximum absolute atomic E-state index is 11.4. The number of nitrogens with zero attached hydrogens (tertiary/aromatic N) is 1. The van der Waals surface area contributed by atoms with Gasteiger partial charge in [0.1, 0.15) is 0 Å². The van der Waals surface area contributed by atoms with Crippen LogP contribution in [0.2, 0.25) is 0 Å². The molecule has 0 atom stereocenters. The third kappa shape index (κ3) is 11.8. The zero-order valence-electron chi connectivity index (χ0n) is 15.6. The Kier molecular flexibility index (Phi) is 13.4. The van der Waals surface area contributed by atoms with Crippen molar-refractivity contribution in [2.75, 3.05) is 13.1 Å². The van der Waals surface area contributed by atoms with Crippen LogP contribution in [0.3, 0.4) is 0 Å². The summed E-state index contributed by atoms with van der Waals surface area (Å²) < 4.78 is 0. The minimum atomic E-state index is -0.167. The predicted octanol–water partition coefficient (Wildman–Crippen LogP) is 5.07. The van der Waals surface area contributed by atoms with E-state index < -0.39 is 0 Å². The molecule has 0 aliphatic carbocycles. The van der Waals surface area contributed by atoms with E-state index in [2.05, 4.69) is 18.7 Å². The van der Waals surface area contributed by atoms with E-state index in [0.717, 1.165) is 13.1 Å². The number of hydrogen-bond donors (Lipinski definition) is 0. The van der Waals surface area contributed by atoms with Crippen LogP contribution in [0.4, 0.5) is 0 Å². The molecule has 0 aliphatic rings. The summed E-state index contributed by atoms with van der Waals surface area (Å²) in [4.78, 5) is 25.1. The van der Waals surface area contributed by atoms with E-state index in [9.17, 15) is 9.59 Å². The first-order valence-corrected chi connectivity index (χ1v) is 9.17. The van der Waals surface area contributed by atoms with Crippen LogP contribution in [0.5, 0.6) is 0 Å². The molecule has 0 amide bonds. The van der Waals surface area contributed by atoms with Crippen LogP contribution in [0.1, 0.15) is 79.1 Å². The maximum atomic E-state index is 11.4. The number of ketones is 2. The van der Waals surface area contributed by atoms with Crippen molar-refractivity contribution in [1.82, 2.24) is 4.90 Å². The smallest absolute Gasteiger partial charge is 0.163 e. The number of unbranched alkanes of at least 4 members (excludes halogenated alkanes) is 6. The van der Waals surface area contributed by atoms with Gasteiger partial charge in [-0.05, 0) is 45.0 Å². The summed E-state index contributed by atoms with van der Waals surface area (Å²) in [7, 11) is 0. The number of Topliss-reactive ketones (excluding diaryl/α,β-unsaturated/α-hetero) is 2. The number of carbonyl (C=O) groups is 2. The van der Waals surface area contributed by atoms with Crippen LogP contribution >= 0.6 is 0 Å². The Morgan fingerprint density at radius 3 is 1.65 bits per heavy atom. The van der Waals surface area contributed by atoms with E-state index in [-0.39, 0.29) is 17.1 Å². The largest absolute Gasteiger partial charge is 0.377 e. The highest BCUT2D eigenvalue weighted by Crippen LogP contribution is 2.07. The first-order chi connectivity index (χ1) is 11.0. The molecule has 23 heavy (non-hydrogen) atoms. The summed E-state index contributed by atoms with van der Waals surface area (Å²) in [5, 5.41) is 0. The van der Waals surface area contributed by atoms with E-state index in [4.69, 9.17) is 0 Å². The Bertz CT molecular complexity index is 368. The van der Waals surface area contributed by atoms with Crippen molar-refractivity contribution >= 4 is 11.6 Å². The monoisotopic (exact) mass is 321 g/mol. The minimum absolute atomic E-state index is 0.167. The fourth-order valence-electron chi connectivity index (χ4n) is 2.49. The molecule has 0 spiro atoms. The summed E-state index contributed by atoms with van der Waals surface area (Å²) in [5.74, 6) is -0.334. The number of allylic oxidation sites excluding steroid dienone is 3. The molecule has 0 unspecified atom stereocenters.